The van der Waals surface area contributed by atoms with Crippen molar-refractivity contribution in [2.75, 3.05) is 24.5 Å². The van der Waals surface area contributed by atoms with Crippen molar-refractivity contribution in [2.45, 2.75) is 19.3 Å². The van der Waals surface area contributed by atoms with Crippen molar-refractivity contribution in [1.29, 1.82) is 0 Å². The van der Waals surface area contributed by atoms with E-state index in [2.05, 4.69) is 15.1 Å². The number of piperidine rings is 1. The average Bonchev–Trinajstić information content (AvgIpc) is 2.31. The molecule has 0 bridgehead atoms. The standard InChI is InChI=1S/C11H18N4/c12-6-5-10-3-2-8-15(9-10)11-4-1-7-13-14-11/h1,4,7,10H,2-3,5-6,8-9,12H2. The molecule has 0 spiro atoms. The Kier molecular flexibility index (Phi) is 3.50. The number of anilines is 1. The van der Waals surface area contributed by atoms with E-state index < -0.39 is 0 Å². The Morgan fingerprint density at radius 1 is 1.53 bits per heavy atom. The van der Waals surface area contributed by atoms with Crippen LogP contribution in [0.5, 0.6) is 0 Å². The fourth-order valence-corrected chi connectivity index (χ4v) is 2.21. The molecule has 4 heteroatoms. The molecule has 0 amide bonds. The van der Waals surface area contributed by atoms with E-state index in [1.165, 1.54) is 12.8 Å². The molecule has 1 aliphatic heterocycles. The summed E-state index contributed by atoms with van der Waals surface area (Å²) in [5, 5.41) is 8.06. The molecule has 2 N–H and O–H groups in total. The minimum Gasteiger partial charge on any atom is -0.355 e. The van der Waals surface area contributed by atoms with Gasteiger partial charge in [0.2, 0.25) is 0 Å². The van der Waals surface area contributed by atoms with Crippen molar-refractivity contribution in [3.63, 3.8) is 0 Å². The van der Waals surface area contributed by atoms with Gasteiger partial charge < -0.3 is 10.6 Å². The predicted molar refractivity (Wildman–Crippen MR) is 60.6 cm³/mol. The molecule has 1 atom stereocenters. The van der Waals surface area contributed by atoms with E-state index in [9.17, 15) is 0 Å². The highest BCUT2D eigenvalue weighted by Gasteiger charge is 2.20. The van der Waals surface area contributed by atoms with Gasteiger partial charge in [0.05, 0.1) is 0 Å². The van der Waals surface area contributed by atoms with E-state index >= 15 is 0 Å². The second kappa shape index (κ2) is 5.07. The summed E-state index contributed by atoms with van der Waals surface area (Å²) in [6.45, 7) is 2.97. The van der Waals surface area contributed by atoms with Gasteiger partial charge in [-0.25, -0.2) is 0 Å². The molecule has 1 aromatic heterocycles. The predicted octanol–water partition coefficient (Wildman–Crippen LogP) is 1.04. The second-order valence-corrected chi connectivity index (χ2v) is 4.11. The van der Waals surface area contributed by atoms with Gasteiger partial charge in [-0.2, -0.15) is 5.10 Å². The van der Waals surface area contributed by atoms with Crippen LogP contribution in [0.3, 0.4) is 0 Å². The molecule has 4 nitrogen and oxygen atoms in total. The van der Waals surface area contributed by atoms with E-state index in [-0.39, 0.29) is 0 Å². The molecule has 15 heavy (non-hydrogen) atoms. The molecule has 1 saturated heterocycles. The maximum atomic E-state index is 5.60. The smallest absolute Gasteiger partial charge is 0.151 e. The zero-order valence-electron chi connectivity index (χ0n) is 8.97. The maximum absolute atomic E-state index is 5.60. The minimum atomic E-state index is 0.728. The fourth-order valence-electron chi connectivity index (χ4n) is 2.21. The first-order valence-electron chi connectivity index (χ1n) is 5.63. The topological polar surface area (TPSA) is 55.0 Å². The molecule has 1 fully saturated rings. The van der Waals surface area contributed by atoms with E-state index in [1.807, 2.05) is 12.1 Å². The van der Waals surface area contributed by atoms with Crippen molar-refractivity contribution in [2.24, 2.45) is 11.7 Å². The van der Waals surface area contributed by atoms with Crippen LogP contribution < -0.4 is 10.6 Å². The first kappa shape index (κ1) is 10.4. The highest BCUT2D eigenvalue weighted by Crippen LogP contribution is 2.22. The summed E-state index contributed by atoms with van der Waals surface area (Å²) < 4.78 is 0. The zero-order valence-corrected chi connectivity index (χ0v) is 8.97. The molecule has 1 aromatic rings. The molecule has 0 aliphatic carbocycles. The van der Waals surface area contributed by atoms with Crippen molar-refractivity contribution in [3.05, 3.63) is 18.3 Å². The Morgan fingerprint density at radius 3 is 3.20 bits per heavy atom. The Balaban J connectivity index is 1.98. The van der Waals surface area contributed by atoms with E-state index in [0.717, 1.165) is 37.8 Å². The summed E-state index contributed by atoms with van der Waals surface area (Å²) in [5.41, 5.74) is 5.60. The highest BCUT2D eigenvalue weighted by molar-refractivity contribution is 5.36. The van der Waals surface area contributed by atoms with Gasteiger partial charge in [-0.15, -0.1) is 5.10 Å². The lowest BCUT2D eigenvalue weighted by atomic mass is 9.95. The summed E-state index contributed by atoms with van der Waals surface area (Å²) in [7, 11) is 0. The Morgan fingerprint density at radius 2 is 2.47 bits per heavy atom. The van der Waals surface area contributed by atoms with Crippen molar-refractivity contribution >= 4 is 5.82 Å². The van der Waals surface area contributed by atoms with Gasteiger partial charge in [0.1, 0.15) is 0 Å². The third-order valence-electron chi connectivity index (χ3n) is 2.98. The third-order valence-corrected chi connectivity index (χ3v) is 2.98. The SMILES string of the molecule is NCCC1CCCN(c2cccnn2)C1. The van der Waals surface area contributed by atoms with Crippen LogP contribution in [0.2, 0.25) is 0 Å². The third kappa shape index (κ3) is 2.65. The Bertz CT molecular complexity index is 286. The maximum Gasteiger partial charge on any atom is 0.151 e. The second-order valence-electron chi connectivity index (χ2n) is 4.11. The van der Waals surface area contributed by atoms with Crippen LogP contribution in [-0.4, -0.2) is 29.8 Å². The van der Waals surface area contributed by atoms with Gasteiger partial charge >= 0.3 is 0 Å². The van der Waals surface area contributed by atoms with Gasteiger partial charge in [0.25, 0.3) is 0 Å². The molecule has 0 aromatic carbocycles. The Labute approximate surface area is 90.5 Å². The van der Waals surface area contributed by atoms with Crippen LogP contribution in [-0.2, 0) is 0 Å². The van der Waals surface area contributed by atoms with Gasteiger partial charge in [0, 0.05) is 19.3 Å². The lowest BCUT2D eigenvalue weighted by Crippen LogP contribution is -2.36. The average molecular weight is 206 g/mol. The minimum absolute atomic E-state index is 0.728. The fraction of sp³-hybridized carbons (Fsp3) is 0.636. The molecule has 1 aliphatic rings. The van der Waals surface area contributed by atoms with Gasteiger partial charge in [-0.05, 0) is 43.9 Å². The first-order valence-corrected chi connectivity index (χ1v) is 5.63. The molecule has 2 rings (SSSR count). The summed E-state index contributed by atoms with van der Waals surface area (Å²) in [4.78, 5) is 2.32. The number of nitrogens with two attached hydrogens (primary N) is 1. The molecule has 0 saturated carbocycles. The summed E-state index contributed by atoms with van der Waals surface area (Å²) in [5.74, 6) is 1.73. The molecule has 1 unspecified atom stereocenters. The van der Waals surface area contributed by atoms with Crippen LogP contribution in [0.4, 0.5) is 5.82 Å². The number of nitrogens with zero attached hydrogens (tertiary/aromatic N) is 3. The molecular weight excluding hydrogens is 188 g/mol. The molecule has 0 radical (unpaired) electrons. The lowest BCUT2D eigenvalue weighted by Gasteiger charge is -2.33. The van der Waals surface area contributed by atoms with E-state index in [0.29, 0.717) is 0 Å². The molecule has 82 valence electrons. The van der Waals surface area contributed by atoms with Crippen LogP contribution >= 0.6 is 0 Å². The molecular formula is C11H18N4. The summed E-state index contributed by atoms with van der Waals surface area (Å²) in [6, 6.07) is 3.96. The summed E-state index contributed by atoms with van der Waals surface area (Å²) in [6.07, 6.45) is 5.37. The van der Waals surface area contributed by atoms with Gasteiger partial charge in [-0.1, -0.05) is 0 Å². The van der Waals surface area contributed by atoms with Crippen LogP contribution in [0, 0.1) is 5.92 Å². The lowest BCUT2D eigenvalue weighted by molar-refractivity contribution is 0.394. The quantitative estimate of drug-likeness (QED) is 0.803. The monoisotopic (exact) mass is 206 g/mol. The normalized spacial score (nSPS) is 21.7. The number of aromatic nitrogens is 2. The van der Waals surface area contributed by atoms with Crippen LogP contribution in [0.25, 0.3) is 0 Å². The van der Waals surface area contributed by atoms with E-state index in [1.54, 1.807) is 6.20 Å². The first-order chi connectivity index (χ1) is 7.40. The van der Waals surface area contributed by atoms with Crippen LogP contribution in [0.1, 0.15) is 19.3 Å². The number of hydrogen-bond acceptors (Lipinski definition) is 4. The zero-order chi connectivity index (χ0) is 10.5. The molecule has 2 heterocycles. The van der Waals surface area contributed by atoms with Gasteiger partial charge in [0.15, 0.2) is 5.82 Å². The van der Waals surface area contributed by atoms with Crippen molar-refractivity contribution < 1.29 is 0 Å². The van der Waals surface area contributed by atoms with Crippen LogP contribution in [0.15, 0.2) is 18.3 Å². The van der Waals surface area contributed by atoms with Gasteiger partial charge in [-0.3, -0.25) is 0 Å². The number of hydrogen-bond donors (Lipinski definition) is 1. The van der Waals surface area contributed by atoms with E-state index in [4.69, 9.17) is 5.73 Å². The van der Waals surface area contributed by atoms with Crippen molar-refractivity contribution in [1.82, 2.24) is 10.2 Å². The largest absolute Gasteiger partial charge is 0.355 e. The van der Waals surface area contributed by atoms with Crippen molar-refractivity contribution in [3.8, 4) is 0 Å². The number of rotatable bonds is 3. The summed E-state index contributed by atoms with van der Waals surface area (Å²) >= 11 is 0. The highest BCUT2D eigenvalue weighted by atomic mass is 15.3. The Hall–Kier alpha value is -1.16.